The Morgan fingerprint density at radius 3 is 2.58 bits per heavy atom. The van der Waals surface area contributed by atoms with E-state index in [1.165, 1.54) is 24.3 Å². The molecule has 1 aliphatic rings. The Morgan fingerprint density at radius 1 is 1.00 bits per heavy atom. The van der Waals surface area contributed by atoms with Gasteiger partial charge in [-0.15, -0.1) is 0 Å². The topological polar surface area (TPSA) is 87.7 Å². The van der Waals surface area contributed by atoms with E-state index in [-0.39, 0.29) is 11.4 Å². The first-order valence-corrected chi connectivity index (χ1v) is 12.5. The van der Waals surface area contributed by atoms with Crippen LogP contribution < -0.4 is 15.4 Å². The molecule has 7 nitrogen and oxygen atoms in total. The third-order valence-electron chi connectivity index (χ3n) is 5.94. The monoisotopic (exact) mass is 573 g/mol. The Kier molecular flexibility index (Phi) is 7.19. The zero-order valence-corrected chi connectivity index (χ0v) is 21.5. The van der Waals surface area contributed by atoms with E-state index in [9.17, 15) is 18.8 Å². The molecule has 1 fully saturated rings. The summed E-state index contributed by atoms with van der Waals surface area (Å²) in [7, 11) is 0. The maximum atomic E-state index is 13.8. The highest BCUT2D eigenvalue weighted by Crippen LogP contribution is 2.29. The normalized spacial score (nSPS) is 14.2. The largest absolute Gasteiger partial charge is 0.488 e. The van der Waals surface area contributed by atoms with E-state index < -0.39 is 30.2 Å². The average molecular weight is 574 g/mol. The molecule has 0 radical (unpaired) electrons. The molecular weight excluding hydrogens is 553 g/mol. The number of hydrogen-bond acceptors (Lipinski definition) is 4. The number of hydrogen-bond donors (Lipinski definition) is 2. The first-order valence-electron chi connectivity index (χ1n) is 11.7. The van der Waals surface area contributed by atoms with Crippen LogP contribution in [0, 0.1) is 5.82 Å². The Balaban J connectivity index is 1.25. The van der Waals surface area contributed by atoms with Crippen LogP contribution in [0.4, 0.5) is 14.9 Å². The molecule has 1 saturated heterocycles. The quantitative estimate of drug-likeness (QED) is 0.214. The fourth-order valence-corrected chi connectivity index (χ4v) is 4.59. The highest BCUT2D eigenvalue weighted by molar-refractivity contribution is 9.10. The predicted molar refractivity (Wildman–Crippen MR) is 146 cm³/mol. The minimum atomic E-state index is -0.737. The zero-order valence-electron chi connectivity index (χ0n) is 19.9. The van der Waals surface area contributed by atoms with Crippen LogP contribution in [0.25, 0.3) is 16.8 Å². The van der Waals surface area contributed by atoms with Crippen LogP contribution in [0.5, 0.6) is 5.75 Å². The molecule has 0 unspecified atom stereocenters. The van der Waals surface area contributed by atoms with Crippen LogP contribution in [0.1, 0.15) is 11.1 Å². The van der Waals surface area contributed by atoms with Gasteiger partial charge < -0.3 is 15.4 Å². The van der Waals surface area contributed by atoms with Gasteiger partial charge in [0.05, 0.1) is 10.2 Å². The van der Waals surface area contributed by atoms with E-state index in [0.29, 0.717) is 22.4 Å². The molecule has 190 valence electrons. The lowest BCUT2D eigenvalue weighted by molar-refractivity contribution is -0.127. The number of urea groups is 1. The molecule has 5 rings (SSSR count). The summed E-state index contributed by atoms with van der Waals surface area (Å²) in [5.74, 6) is -1.36. The van der Waals surface area contributed by atoms with Crippen LogP contribution in [-0.2, 0) is 16.2 Å². The molecule has 4 aromatic carbocycles. The fraction of sp³-hybridized carbons (Fsp3) is 0.0690. The van der Waals surface area contributed by atoms with Crippen LogP contribution in [0.15, 0.2) is 95.1 Å². The lowest BCUT2D eigenvalue weighted by Gasteiger charge is -2.12. The highest BCUT2D eigenvalue weighted by atomic mass is 79.9. The summed E-state index contributed by atoms with van der Waals surface area (Å²) in [6.45, 7) is -0.181. The third-order valence-corrected chi connectivity index (χ3v) is 6.56. The number of rotatable bonds is 7. The number of nitrogens with one attached hydrogen (secondary N) is 2. The van der Waals surface area contributed by atoms with Gasteiger partial charge >= 0.3 is 6.03 Å². The van der Waals surface area contributed by atoms with Gasteiger partial charge in [-0.25, -0.2) is 14.1 Å². The molecule has 2 N–H and O–H groups in total. The molecule has 0 atom stereocenters. The van der Waals surface area contributed by atoms with Crippen LogP contribution >= 0.6 is 15.9 Å². The molecule has 0 aromatic heterocycles. The Morgan fingerprint density at radius 2 is 1.76 bits per heavy atom. The Hall–Kier alpha value is -4.50. The molecule has 38 heavy (non-hydrogen) atoms. The second kappa shape index (κ2) is 10.9. The summed E-state index contributed by atoms with van der Waals surface area (Å²) < 4.78 is 20.5. The van der Waals surface area contributed by atoms with Gasteiger partial charge in [0.15, 0.2) is 0 Å². The standard InChI is InChI=1S/C29H21BrFN3O4/c30-22-14-18(12-13-26(22)38-17-20-8-5-7-19-6-1-2-9-21(19)20)15-25-28(36)34(29(37)33-25)16-27(35)32-24-11-4-3-10-23(24)31/h1-15H,16-17H2,(H,32,35)(H,33,37)/b25-15+. The first-order chi connectivity index (χ1) is 18.4. The lowest BCUT2D eigenvalue weighted by Crippen LogP contribution is -2.38. The SMILES string of the molecule is O=C(CN1C(=O)N/C(=C/c2ccc(OCc3cccc4ccccc34)c(Br)c2)C1=O)Nc1ccccc1F. The smallest absolute Gasteiger partial charge is 0.329 e. The fourth-order valence-electron chi connectivity index (χ4n) is 4.08. The summed E-state index contributed by atoms with van der Waals surface area (Å²) in [6, 6.07) is 24.3. The second-order valence-electron chi connectivity index (χ2n) is 8.52. The van der Waals surface area contributed by atoms with E-state index in [4.69, 9.17) is 4.74 Å². The molecule has 0 bridgehead atoms. The second-order valence-corrected chi connectivity index (χ2v) is 9.38. The van der Waals surface area contributed by atoms with Gasteiger partial charge in [-0.1, -0.05) is 60.7 Å². The van der Waals surface area contributed by atoms with Crippen molar-refractivity contribution in [3.05, 3.63) is 112 Å². The van der Waals surface area contributed by atoms with Gasteiger partial charge in [0.25, 0.3) is 5.91 Å². The van der Waals surface area contributed by atoms with Crippen molar-refractivity contribution in [3.8, 4) is 5.75 Å². The van der Waals surface area contributed by atoms with Crippen molar-refractivity contribution in [1.82, 2.24) is 10.2 Å². The van der Waals surface area contributed by atoms with E-state index in [0.717, 1.165) is 21.2 Å². The first kappa shape index (κ1) is 25.2. The molecule has 4 aromatic rings. The molecule has 0 aliphatic carbocycles. The van der Waals surface area contributed by atoms with Crippen molar-refractivity contribution in [2.75, 3.05) is 11.9 Å². The Bertz CT molecular complexity index is 1600. The molecule has 1 aliphatic heterocycles. The number of anilines is 1. The van der Waals surface area contributed by atoms with Crippen molar-refractivity contribution < 1.29 is 23.5 Å². The van der Waals surface area contributed by atoms with Crippen molar-refractivity contribution in [1.29, 1.82) is 0 Å². The number of nitrogens with zero attached hydrogens (tertiary/aromatic N) is 1. The van der Waals surface area contributed by atoms with E-state index in [1.807, 2.05) is 24.3 Å². The molecule has 0 spiro atoms. The predicted octanol–water partition coefficient (Wildman–Crippen LogP) is 5.85. The van der Waals surface area contributed by atoms with Crippen LogP contribution in [0.3, 0.4) is 0 Å². The average Bonchev–Trinajstić information content (AvgIpc) is 3.16. The number of benzene rings is 4. The summed E-state index contributed by atoms with van der Waals surface area (Å²) in [6.07, 6.45) is 1.51. The van der Waals surface area contributed by atoms with Crippen LogP contribution in [0.2, 0.25) is 0 Å². The summed E-state index contributed by atoms with van der Waals surface area (Å²) in [5, 5.41) is 7.10. The number of fused-ring (bicyclic) bond motifs is 1. The van der Waals surface area contributed by atoms with E-state index in [2.05, 4.69) is 44.8 Å². The van der Waals surface area contributed by atoms with Gasteiger partial charge in [0.1, 0.15) is 30.4 Å². The van der Waals surface area contributed by atoms with Gasteiger partial charge in [0, 0.05) is 0 Å². The van der Waals surface area contributed by atoms with Gasteiger partial charge in [0.2, 0.25) is 5.91 Å². The number of ether oxygens (including phenoxy) is 1. The van der Waals surface area contributed by atoms with Crippen molar-refractivity contribution in [2.24, 2.45) is 0 Å². The summed E-state index contributed by atoms with van der Waals surface area (Å²) in [4.78, 5) is 38.2. The zero-order chi connectivity index (χ0) is 26.6. The number of halogens is 2. The summed E-state index contributed by atoms with van der Waals surface area (Å²) in [5.41, 5.74) is 1.67. The van der Waals surface area contributed by atoms with E-state index in [1.54, 1.807) is 24.3 Å². The minimum absolute atomic E-state index is 0.0185. The number of imide groups is 1. The van der Waals surface area contributed by atoms with Crippen molar-refractivity contribution in [3.63, 3.8) is 0 Å². The van der Waals surface area contributed by atoms with Gasteiger partial charge in [-0.05, 0) is 68.2 Å². The van der Waals surface area contributed by atoms with E-state index >= 15 is 0 Å². The maximum absolute atomic E-state index is 13.8. The summed E-state index contributed by atoms with van der Waals surface area (Å²) >= 11 is 3.51. The highest BCUT2D eigenvalue weighted by Gasteiger charge is 2.35. The lowest BCUT2D eigenvalue weighted by atomic mass is 10.1. The number of carbonyl (C=O) groups is 3. The molecule has 1 heterocycles. The molecule has 9 heteroatoms. The number of amides is 4. The van der Waals surface area contributed by atoms with Crippen LogP contribution in [-0.4, -0.2) is 29.3 Å². The third kappa shape index (κ3) is 5.42. The molecule has 0 saturated carbocycles. The molecule has 4 amide bonds. The maximum Gasteiger partial charge on any atom is 0.329 e. The van der Waals surface area contributed by atoms with Crippen molar-refractivity contribution in [2.45, 2.75) is 6.61 Å². The number of para-hydroxylation sites is 1. The Labute approximate surface area is 226 Å². The number of carbonyl (C=O) groups excluding carboxylic acids is 3. The van der Waals surface area contributed by atoms with Gasteiger partial charge in [-0.3, -0.25) is 9.59 Å². The van der Waals surface area contributed by atoms with Crippen molar-refractivity contribution >= 4 is 56.3 Å². The van der Waals surface area contributed by atoms with Gasteiger partial charge in [-0.2, -0.15) is 0 Å². The minimum Gasteiger partial charge on any atom is -0.488 e. The molecular formula is C29H21BrFN3O4.